The van der Waals surface area contributed by atoms with E-state index in [9.17, 15) is 0 Å². The van der Waals surface area contributed by atoms with Gasteiger partial charge < -0.3 is 0 Å². The van der Waals surface area contributed by atoms with Gasteiger partial charge in [0.15, 0.2) is 18.5 Å². The topological polar surface area (TPSA) is 15.9 Å². The van der Waals surface area contributed by atoms with E-state index in [1.807, 2.05) is 76.3 Å². The lowest BCUT2D eigenvalue weighted by Crippen LogP contribution is -2.31. The molecule has 0 fully saturated rings. The number of rotatable bonds is 6. The average Bonchev–Trinajstić information content (AvgIpc) is 3.00. The summed E-state index contributed by atoms with van der Waals surface area (Å²) >= 11 is 0. The van der Waals surface area contributed by atoms with Crippen LogP contribution in [0.25, 0.3) is 5.57 Å². The molecule has 1 aromatic rings. The Kier molecular flexibility index (Phi) is 15.8. The van der Waals surface area contributed by atoms with Crippen molar-refractivity contribution in [1.29, 1.82) is 0 Å². The van der Waals surface area contributed by atoms with E-state index in [1.165, 1.54) is 24.1 Å². The van der Waals surface area contributed by atoms with Crippen LogP contribution in [-0.4, -0.2) is 21.8 Å². The number of aromatic nitrogens is 1. The van der Waals surface area contributed by atoms with Gasteiger partial charge in [0.05, 0.1) is 11.3 Å². The summed E-state index contributed by atoms with van der Waals surface area (Å²) < 4.78 is 2.43. The summed E-state index contributed by atoms with van der Waals surface area (Å²) in [5, 5.41) is 0. The Morgan fingerprint density at radius 2 is 1.95 bits per heavy atom. The molecule has 0 radical (unpaired) electrons. The van der Waals surface area contributed by atoms with E-state index in [0.717, 1.165) is 29.8 Å². The maximum atomic E-state index is 4.20. The molecule has 0 bridgehead atoms. The third-order valence-electron chi connectivity index (χ3n) is 6.30. The molecule has 3 aliphatic rings. The first-order chi connectivity index (χ1) is 18.5. The lowest BCUT2D eigenvalue weighted by atomic mass is 9.82. The summed E-state index contributed by atoms with van der Waals surface area (Å²) in [7, 11) is 0. The Morgan fingerprint density at radius 3 is 2.55 bits per heavy atom. The average molecular weight is 508 g/mol. The van der Waals surface area contributed by atoms with Gasteiger partial charge in [-0.15, -0.1) is 0 Å². The van der Waals surface area contributed by atoms with Gasteiger partial charge in [0.1, 0.15) is 0 Å². The summed E-state index contributed by atoms with van der Waals surface area (Å²) in [6.45, 7) is 23.6. The van der Waals surface area contributed by atoms with E-state index < -0.39 is 0 Å². The quantitative estimate of drug-likeness (QED) is 0.213. The molecule has 0 saturated heterocycles. The van der Waals surface area contributed by atoms with Crippen molar-refractivity contribution in [2.24, 2.45) is 5.92 Å². The number of nitrogens with zero attached hydrogens (tertiary/aromatic N) is 2. The Bertz CT molecular complexity index is 1210. The summed E-state index contributed by atoms with van der Waals surface area (Å²) in [6.07, 6.45) is 23.7. The van der Waals surface area contributed by atoms with Crippen molar-refractivity contribution in [3.8, 4) is 0 Å². The first kappa shape index (κ1) is 32.3. The van der Waals surface area contributed by atoms with E-state index in [0.29, 0.717) is 5.92 Å². The van der Waals surface area contributed by atoms with Crippen LogP contribution in [0.4, 0.5) is 0 Å². The van der Waals surface area contributed by atoms with Gasteiger partial charge in [-0.3, -0.25) is 4.98 Å². The fraction of sp³-hybridized carbons (Fsp3) is 0.333. The fourth-order valence-electron chi connectivity index (χ4n) is 4.26. The van der Waals surface area contributed by atoms with Crippen molar-refractivity contribution in [3.05, 3.63) is 132 Å². The number of hydrogen-bond donors (Lipinski definition) is 0. The first-order valence-electron chi connectivity index (χ1n) is 14.0. The van der Waals surface area contributed by atoms with Crippen LogP contribution < -0.4 is 0 Å². The maximum Gasteiger partial charge on any atom is 0.181 e. The lowest BCUT2D eigenvalue weighted by Gasteiger charge is -2.26. The second kappa shape index (κ2) is 18.5. The lowest BCUT2D eigenvalue weighted by molar-refractivity contribution is -0.466. The van der Waals surface area contributed by atoms with E-state index in [4.69, 9.17) is 0 Å². The van der Waals surface area contributed by atoms with E-state index in [-0.39, 0.29) is 0 Å². The Labute approximate surface area is 232 Å². The van der Waals surface area contributed by atoms with Crippen LogP contribution in [0.3, 0.4) is 0 Å². The zero-order valence-electron chi connectivity index (χ0n) is 24.7. The highest BCUT2D eigenvalue weighted by atomic mass is 15.0. The number of pyridine rings is 1. The molecule has 2 aliphatic carbocycles. The van der Waals surface area contributed by atoms with Crippen molar-refractivity contribution < 1.29 is 4.58 Å². The van der Waals surface area contributed by atoms with Gasteiger partial charge >= 0.3 is 0 Å². The number of hydrogen-bond acceptors (Lipinski definition) is 1. The van der Waals surface area contributed by atoms with Crippen LogP contribution in [0.5, 0.6) is 0 Å². The van der Waals surface area contributed by atoms with Gasteiger partial charge in [-0.1, -0.05) is 102 Å². The molecule has 1 atom stereocenters. The van der Waals surface area contributed by atoms with E-state index in [2.05, 4.69) is 73.3 Å². The molecule has 1 unspecified atom stereocenters. The molecular weight excluding hydrogens is 460 g/mol. The predicted octanol–water partition coefficient (Wildman–Crippen LogP) is 9.75. The van der Waals surface area contributed by atoms with Crippen molar-refractivity contribution in [3.63, 3.8) is 0 Å². The van der Waals surface area contributed by atoms with Gasteiger partial charge in [0.25, 0.3) is 0 Å². The molecule has 0 aromatic carbocycles. The molecule has 0 spiro atoms. The largest absolute Gasteiger partial charge is 0.256 e. The minimum atomic E-state index is 0.635. The highest BCUT2D eigenvalue weighted by molar-refractivity contribution is 5.96. The standard InChI is InChI=1S/C21H28N.C11H7N.2C2H6/c1-6-8-11-16(3)17(4)14-22-15-19(7-2)21-13-10-9-12-20(21)18(22)5;1-2-6-10(7-3-1)11-8-4-5-9-12-11;2*1-2/h6,8,10-11,13-14,19H,1,3,7,9,12,15H2,2,4-5H3;1-2,4-6,8-9H;2*1-2H3/q+1;;;/b11-8-,17-14+;;;. The Morgan fingerprint density at radius 1 is 1.18 bits per heavy atom. The smallest absolute Gasteiger partial charge is 0.181 e. The van der Waals surface area contributed by atoms with Gasteiger partial charge in [-0.05, 0) is 61.6 Å². The molecule has 0 amide bonds. The summed E-state index contributed by atoms with van der Waals surface area (Å²) in [6, 6.07) is 5.82. The molecule has 2 heterocycles. The Hall–Kier alpha value is -3.70. The molecule has 200 valence electrons. The second-order valence-corrected chi connectivity index (χ2v) is 8.57. The van der Waals surface area contributed by atoms with Crippen molar-refractivity contribution in [2.75, 3.05) is 6.54 Å². The predicted molar refractivity (Wildman–Crippen MR) is 168 cm³/mol. The highest BCUT2D eigenvalue weighted by Crippen LogP contribution is 2.32. The molecule has 2 heteroatoms. The van der Waals surface area contributed by atoms with Gasteiger partial charge in [-0.25, -0.2) is 4.58 Å². The normalized spacial score (nSPS) is 17.4. The van der Waals surface area contributed by atoms with Crippen LogP contribution >= 0.6 is 0 Å². The van der Waals surface area contributed by atoms with Gasteiger partial charge in [0.2, 0.25) is 0 Å². The molecular formula is C36H47N2+. The van der Waals surface area contributed by atoms with Crippen LogP contribution in [0, 0.1) is 5.92 Å². The fourth-order valence-corrected chi connectivity index (χ4v) is 4.26. The highest BCUT2D eigenvalue weighted by Gasteiger charge is 2.30. The first-order valence-corrected chi connectivity index (χ1v) is 14.0. The minimum absolute atomic E-state index is 0.635. The number of allylic oxidation sites excluding steroid dienone is 12. The second-order valence-electron chi connectivity index (χ2n) is 8.57. The van der Waals surface area contributed by atoms with Crippen molar-refractivity contribution in [2.45, 2.75) is 67.7 Å². The summed E-state index contributed by atoms with van der Waals surface area (Å²) in [5.41, 5.74) is 14.6. The molecule has 4 rings (SSSR count). The summed E-state index contributed by atoms with van der Waals surface area (Å²) in [4.78, 5) is 4.20. The molecule has 38 heavy (non-hydrogen) atoms. The van der Waals surface area contributed by atoms with Gasteiger partial charge in [-0.2, -0.15) is 0 Å². The zero-order valence-corrected chi connectivity index (χ0v) is 24.7. The molecule has 0 saturated carbocycles. The monoisotopic (exact) mass is 507 g/mol. The van der Waals surface area contributed by atoms with Crippen LogP contribution in [-0.2, 0) is 0 Å². The maximum absolute atomic E-state index is 4.20. The summed E-state index contributed by atoms with van der Waals surface area (Å²) in [5.74, 6) is 0.635. The van der Waals surface area contributed by atoms with E-state index >= 15 is 0 Å². The molecule has 1 aliphatic heterocycles. The Balaban J connectivity index is 0.000000379. The van der Waals surface area contributed by atoms with Gasteiger partial charge in [0, 0.05) is 30.2 Å². The molecule has 1 aromatic heterocycles. The van der Waals surface area contributed by atoms with Crippen molar-refractivity contribution in [1.82, 2.24) is 4.98 Å². The zero-order chi connectivity index (χ0) is 28.3. The minimum Gasteiger partial charge on any atom is -0.256 e. The third-order valence-corrected chi connectivity index (χ3v) is 6.30. The van der Waals surface area contributed by atoms with Crippen LogP contribution in [0.2, 0.25) is 0 Å². The van der Waals surface area contributed by atoms with Crippen LogP contribution in [0.1, 0.15) is 73.4 Å². The molecule has 2 nitrogen and oxygen atoms in total. The SMILES string of the molecule is C1=C=C(c2ccccn2)C=CC=1.C=C/C=C\C(=C)/C(C)=C/[N+]1=C(C)C2=C(C=CCC2)C(CC)C1.CC.CC. The molecule has 0 N–H and O–H groups in total. The third kappa shape index (κ3) is 9.64. The van der Waals surface area contributed by atoms with Crippen molar-refractivity contribution >= 4 is 11.3 Å². The van der Waals surface area contributed by atoms with Crippen LogP contribution in [0.15, 0.2) is 126 Å². The van der Waals surface area contributed by atoms with E-state index in [1.54, 1.807) is 23.4 Å².